The number of aryl methyl sites for hydroxylation is 1. The third kappa shape index (κ3) is 11.1. The van der Waals surface area contributed by atoms with Crippen molar-refractivity contribution in [3.63, 3.8) is 0 Å². The van der Waals surface area contributed by atoms with Crippen LogP contribution in [0.15, 0.2) is 28.7 Å². The van der Waals surface area contributed by atoms with Crippen molar-refractivity contribution in [1.29, 1.82) is 0 Å². The lowest BCUT2D eigenvalue weighted by Gasteiger charge is -2.35. The fourth-order valence-electron chi connectivity index (χ4n) is 4.06. The minimum atomic E-state index is -2.99. The lowest BCUT2D eigenvalue weighted by Crippen LogP contribution is -2.43. The van der Waals surface area contributed by atoms with E-state index in [1.165, 1.54) is 4.90 Å². The molecule has 1 atom stereocenters. The van der Waals surface area contributed by atoms with E-state index in [4.69, 9.17) is 14.9 Å². The van der Waals surface area contributed by atoms with Crippen LogP contribution in [0, 0.1) is 6.92 Å². The first-order valence-corrected chi connectivity index (χ1v) is 13.7. The zero-order valence-electron chi connectivity index (χ0n) is 24.4. The number of fused-ring (bicyclic) bond motifs is 1. The largest absolute Gasteiger partial charge is 0.493 e. The Morgan fingerprint density at radius 3 is 2.55 bits per heavy atom. The van der Waals surface area contributed by atoms with Gasteiger partial charge in [0, 0.05) is 31.3 Å². The Balaban J connectivity index is 0.00000103. The highest BCUT2D eigenvalue weighted by Crippen LogP contribution is 2.34. The predicted octanol–water partition coefficient (Wildman–Crippen LogP) is 6.11. The Kier molecular flexibility index (Phi) is 11.8. The van der Waals surface area contributed by atoms with Gasteiger partial charge in [0.05, 0.1) is 12.3 Å². The monoisotopic (exact) mass is 563 g/mol. The van der Waals surface area contributed by atoms with Gasteiger partial charge in [-0.05, 0) is 76.8 Å². The van der Waals surface area contributed by atoms with E-state index in [2.05, 4.69) is 11.9 Å². The molecule has 3 rings (SSSR count). The van der Waals surface area contributed by atoms with Crippen molar-refractivity contribution in [1.82, 2.24) is 9.88 Å². The molecule has 222 valence electrons. The van der Waals surface area contributed by atoms with Gasteiger partial charge in [-0.1, -0.05) is 25.5 Å². The molecule has 3 N–H and O–H groups in total. The molecule has 0 saturated heterocycles. The molecule has 1 unspecified atom stereocenters. The Labute approximate surface area is 235 Å². The van der Waals surface area contributed by atoms with Crippen LogP contribution in [0.5, 0.6) is 5.75 Å². The second-order valence-corrected chi connectivity index (χ2v) is 11.2. The van der Waals surface area contributed by atoms with E-state index in [0.717, 1.165) is 31.0 Å². The number of allylic oxidation sites excluding steroid dienone is 1. The Morgan fingerprint density at radius 1 is 1.27 bits per heavy atom. The molecule has 2 heterocycles. The van der Waals surface area contributed by atoms with E-state index in [-0.39, 0.29) is 12.1 Å². The normalized spacial score (nSPS) is 15.4. The number of amides is 1. The molecular weight excluding hydrogens is 520 g/mol. The third-order valence-electron chi connectivity index (χ3n) is 5.91. The van der Waals surface area contributed by atoms with Gasteiger partial charge in [-0.3, -0.25) is 4.79 Å². The molecule has 1 aliphatic heterocycles. The van der Waals surface area contributed by atoms with Gasteiger partial charge in [-0.2, -0.15) is 0 Å². The van der Waals surface area contributed by atoms with Gasteiger partial charge in [-0.15, -0.1) is 0 Å². The predicted molar refractivity (Wildman–Crippen MR) is 150 cm³/mol. The van der Waals surface area contributed by atoms with Crippen molar-refractivity contribution in [3.8, 4) is 5.75 Å². The number of ether oxygens (including phenoxy) is 1. The average Bonchev–Trinajstić information content (AvgIpc) is 3.19. The fourth-order valence-corrected chi connectivity index (χ4v) is 4.06. The first kappa shape index (κ1) is 32.9. The summed E-state index contributed by atoms with van der Waals surface area (Å²) in [6.07, 6.45) is 5.77. The number of carboxylic acid groups (broad SMARTS) is 1. The number of hydrogen-bond acceptors (Lipinski definition) is 6. The highest BCUT2D eigenvalue weighted by atomic mass is 19.3. The molecule has 2 aromatic rings. The van der Waals surface area contributed by atoms with Crippen LogP contribution < -0.4 is 10.5 Å². The van der Waals surface area contributed by atoms with E-state index in [9.17, 15) is 23.5 Å². The van der Waals surface area contributed by atoms with E-state index in [0.29, 0.717) is 42.4 Å². The molecule has 1 aromatic carbocycles. The number of hydrogen-bond donors (Lipinski definition) is 2. The van der Waals surface area contributed by atoms with E-state index < -0.39 is 36.7 Å². The summed E-state index contributed by atoms with van der Waals surface area (Å²) in [4.78, 5) is 30.3. The quantitative estimate of drug-likeness (QED) is 0.339. The summed E-state index contributed by atoms with van der Waals surface area (Å²) in [6.45, 7) is 11.0. The molecule has 1 aromatic heterocycles. The number of halogens is 2. The summed E-state index contributed by atoms with van der Waals surface area (Å²) >= 11 is 0. The van der Waals surface area contributed by atoms with E-state index in [1.54, 1.807) is 18.2 Å². The summed E-state index contributed by atoms with van der Waals surface area (Å²) < 4.78 is 37.9. The smallest absolute Gasteiger partial charge is 0.331 e. The molecule has 0 saturated carbocycles. The van der Waals surface area contributed by atoms with Crippen LogP contribution in [0.3, 0.4) is 0 Å². The Hall–Kier alpha value is -3.27. The van der Waals surface area contributed by atoms with Crippen LogP contribution in [0.2, 0.25) is 0 Å². The minimum Gasteiger partial charge on any atom is -0.493 e. The number of rotatable bonds is 11. The van der Waals surface area contributed by atoms with Gasteiger partial charge < -0.3 is 24.9 Å². The molecule has 1 amide bonds. The van der Waals surface area contributed by atoms with Crippen molar-refractivity contribution in [2.45, 2.75) is 97.6 Å². The number of aliphatic carboxylic acids is 1. The lowest BCUT2D eigenvalue weighted by molar-refractivity contribution is -0.151. The Bertz CT molecular complexity index is 1160. The molecule has 0 radical (unpaired) electrons. The van der Waals surface area contributed by atoms with Crippen molar-refractivity contribution in [2.75, 3.05) is 13.2 Å². The summed E-state index contributed by atoms with van der Waals surface area (Å²) in [5.74, 6) is -3.06. The number of aromatic nitrogens is 1. The number of carbonyl (C=O) groups is 2. The van der Waals surface area contributed by atoms with E-state index >= 15 is 0 Å². The zero-order chi connectivity index (χ0) is 30.1. The van der Waals surface area contributed by atoms with Crippen molar-refractivity contribution in [3.05, 3.63) is 52.7 Å². The fraction of sp³-hybridized carbons (Fsp3) is 0.567. The number of nitrogens with two attached hydrogens (primary N) is 1. The number of unbranched alkanes of at least 4 members (excludes halogenated alkanes) is 1. The zero-order valence-corrected chi connectivity index (χ0v) is 24.4. The minimum absolute atomic E-state index is 0. The molecule has 0 fully saturated rings. The molecule has 0 aliphatic carbocycles. The SMILES string of the molecule is CC(C)(C)N.CCC/C=C/c1nc(CCOc2ccc3c(c2)C(C(=O)O)N(C(=O)CCC(C)(F)F)CC3)c(C)o1. The van der Waals surface area contributed by atoms with Crippen LogP contribution in [0.25, 0.3) is 6.08 Å². The topological polar surface area (TPSA) is 119 Å². The van der Waals surface area contributed by atoms with Crippen molar-refractivity contribution < 1.29 is 32.6 Å². The van der Waals surface area contributed by atoms with Crippen LogP contribution >= 0.6 is 0 Å². The number of benzene rings is 1. The van der Waals surface area contributed by atoms with Gasteiger partial charge in [0.15, 0.2) is 6.04 Å². The number of alkyl halides is 2. The first-order chi connectivity index (χ1) is 18.6. The summed E-state index contributed by atoms with van der Waals surface area (Å²) in [5, 5.41) is 9.85. The maximum absolute atomic E-state index is 13.2. The van der Waals surface area contributed by atoms with E-state index in [1.807, 2.05) is 39.8 Å². The molecular formula is C30H43F2N3O5. The van der Waals surface area contributed by atoms with Crippen LogP contribution in [0.1, 0.15) is 94.8 Å². The number of nitrogens with zero attached hydrogens (tertiary/aromatic N) is 2. The van der Waals surface area contributed by atoms with Crippen molar-refractivity contribution >= 4 is 18.0 Å². The van der Waals surface area contributed by atoms with Gasteiger partial charge in [0.1, 0.15) is 11.5 Å². The standard InChI is InChI=1S/C26H32F2N2O5.C4H11N/c1-4-5-6-7-22-29-21(17(2)35-22)12-15-34-19-9-8-18-11-14-30(23(31)10-13-26(3,27)28)24(25(32)33)20(18)16-19;1-4(2,3)5/h6-9,16,24H,4-5,10-15H2,1-3H3,(H,32,33);5H2,1-3H3/b7-6+;. The van der Waals surface area contributed by atoms with Crippen LogP contribution in [-0.2, 0) is 22.4 Å². The Morgan fingerprint density at radius 2 is 1.95 bits per heavy atom. The second kappa shape index (κ2) is 14.4. The van der Waals surface area contributed by atoms with Crippen LogP contribution in [0.4, 0.5) is 8.78 Å². The number of carboxylic acids is 1. The highest BCUT2D eigenvalue weighted by molar-refractivity contribution is 5.85. The maximum atomic E-state index is 13.2. The third-order valence-corrected chi connectivity index (χ3v) is 5.91. The molecule has 40 heavy (non-hydrogen) atoms. The maximum Gasteiger partial charge on any atom is 0.331 e. The summed E-state index contributed by atoms with van der Waals surface area (Å²) in [7, 11) is 0. The molecule has 0 bridgehead atoms. The van der Waals surface area contributed by atoms with Crippen molar-refractivity contribution in [2.24, 2.45) is 5.73 Å². The first-order valence-electron chi connectivity index (χ1n) is 13.7. The molecule has 10 heteroatoms. The van der Waals surface area contributed by atoms with Crippen LogP contribution in [-0.4, -0.2) is 51.5 Å². The summed E-state index contributed by atoms with van der Waals surface area (Å²) in [6, 6.07) is 3.94. The average molecular weight is 564 g/mol. The lowest BCUT2D eigenvalue weighted by atomic mass is 9.91. The highest BCUT2D eigenvalue weighted by Gasteiger charge is 2.37. The van der Waals surface area contributed by atoms with Gasteiger partial charge in [0.25, 0.3) is 0 Å². The number of carbonyl (C=O) groups excluding carboxylic acids is 1. The molecule has 8 nitrogen and oxygen atoms in total. The van der Waals surface area contributed by atoms with Gasteiger partial charge in [0.2, 0.25) is 17.7 Å². The van der Waals surface area contributed by atoms with Gasteiger partial charge >= 0.3 is 5.97 Å². The second-order valence-electron chi connectivity index (χ2n) is 11.2. The number of oxazole rings is 1. The molecule has 0 spiro atoms. The van der Waals surface area contributed by atoms with Gasteiger partial charge in [-0.25, -0.2) is 18.6 Å². The molecule has 1 aliphatic rings. The summed E-state index contributed by atoms with van der Waals surface area (Å²) in [5.41, 5.74) is 7.38.